The van der Waals surface area contributed by atoms with Gasteiger partial charge >= 0.3 is 0 Å². The first-order valence-electron chi connectivity index (χ1n) is 15.9. The number of hydrogen-bond acceptors (Lipinski definition) is 5. The van der Waals surface area contributed by atoms with Crippen LogP contribution in [0.3, 0.4) is 0 Å². The fraction of sp³-hybridized carbons (Fsp3) is 0. The molecule has 0 unspecified atom stereocenters. The number of furan rings is 2. The average Bonchev–Trinajstić information content (AvgIpc) is 3.73. The summed E-state index contributed by atoms with van der Waals surface area (Å²) < 4.78 is 12.5. The summed E-state index contributed by atoms with van der Waals surface area (Å²) in [5.41, 5.74) is 8.38. The minimum Gasteiger partial charge on any atom is -0.456 e. The second-order valence-electron chi connectivity index (χ2n) is 12.0. The van der Waals surface area contributed by atoms with Crippen LogP contribution in [0.1, 0.15) is 0 Å². The van der Waals surface area contributed by atoms with Crippen LogP contribution in [-0.4, -0.2) is 15.0 Å². The van der Waals surface area contributed by atoms with Gasteiger partial charge in [0.25, 0.3) is 0 Å². The number of hydrogen-bond donors (Lipinski definition) is 0. The van der Waals surface area contributed by atoms with Crippen LogP contribution in [0.2, 0.25) is 0 Å². The molecular weight excluding hydrogens is 590 g/mol. The van der Waals surface area contributed by atoms with Crippen molar-refractivity contribution in [3.8, 4) is 45.3 Å². The average molecular weight is 616 g/mol. The Morgan fingerprint density at radius 1 is 0.312 bits per heavy atom. The van der Waals surface area contributed by atoms with Gasteiger partial charge in [0.2, 0.25) is 0 Å². The lowest BCUT2D eigenvalue weighted by molar-refractivity contribution is 0.668. The highest BCUT2D eigenvalue weighted by Crippen LogP contribution is 2.41. The summed E-state index contributed by atoms with van der Waals surface area (Å²) in [6.07, 6.45) is 0. The Balaban J connectivity index is 1.19. The van der Waals surface area contributed by atoms with Crippen LogP contribution >= 0.6 is 0 Å². The maximum Gasteiger partial charge on any atom is 0.164 e. The quantitative estimate of drug-likeness (QED) is 0.197. The molecule has 0 aliphatic carbocycles. The second-order valence-corrected chi connectivity index (χ2v) is 12.0. The fourth-order valence-electron chi connectivity index (χ4n) is 6.95. The maximum absolute atomic E-state index is 6.24. The molecule has 0 saturated heterocycles. The van der Waals surface area contributed by atoms with Gasteiger partial charge in [0, 0.05) is 38.2 Å². The third-order valence-electron chi connectivity index (χ3n) is 9.16. The molecule has 7 aromatic carbocycles. The maximum atomic E-state index is 6.24. The predicted molar refractivity (Wildman–Crippen MR) is 194 cm³/mol. The van der Waals surface area contributed by atoms with Gasteiger partial charge < -0.3 is 8.83 Å². The standard InChI is InChI=1S/C43H25N3O2/c1-2-11-26(12-3-1)41-44-42(27-23-24-32-31-13-4-6-20-36(31)48-39(32)25-27)46-43(45-41)34-19-9-15-28-29(16-8-17-30(28)34)33-18-10-22-38-40(33)35-14-5-7-21-37(35)47-38/h1-25H. The number of fused-ring (bicyclic) bond motifs is 7. The Morgan fingerprint density at radius 2 is 0.854 bits per heavy atom. The molecule has 0 saturated carbocycles. The van der Waals surface area contributed by atoms with Crippen LogP contribution in [-0.2, 0) is 0 Å². The van der Waals surface area contributed by atoms with Gasteiger partial charge in [-0.3, -0.25) is 0 Å². The Bertz CT molecular complexity index is 2850. The Hall–Kier alpha value is -6.59. The highest BCUT2D eigenvalue weighted by atomic mass is 16.3. The van der Waals surface area contributed by atoms with Gasteiger partial charge in [-0.25, -0.2) is 15.0 Å². The van der Waals surface area contributed by atoms with E-state index in [9.17, 15) is 0 Å². The first-order chi connectivity index (χ1) is 23.8. The van der Waals surface area contributed by atoms with Crippen molar-refractivity contribution < 1.29 is 8.83 Å². The van der Waals surface area contributed by atoms with Crippen LogP contribution in [0.25, 0.3) is 99.9 Å². The molecule has 0 fully saturated rings. The van der Waals surface area contributed by atoms with Crippen molar-refractivity contribution in [2.24, 2.45) is 0 Å². The third kappa shape index (κ3) is 4.15. The van der Waals surface area contributed by atoms with Crippen LogP contribution in [0.5, 0.6) is 0 Å². The van der Waals surface area contributed by atoms with Gasteiger partial charge in [-0.15, -0.1) is 0 Å². The van der Waals surface area contributed by atoms with Gasteiger partial charge in [0.1, 0.15) is 22.3 Å². The SMILES string of the molecule is c1ccc(-c2nc(-c3ccc4c(c3)oc3ccccc34)nc(-c3cccc4c(-c5cccc6oc7ccccc7c56)cccc34)n2)cc1. The monoisotopic (exact) mass is 615 g/mol. The second kappa shape index (κ2) is 10.5. The largest absolute Gasteiger partial charge is 0.456 e. The lowest BCUT2D eigenvalue weighted by Crippen LogP contribution is -2.00. The van der Waals surface area contributed by atoms with E-state index >= 15 is 0 Å². The first-order valence-corrected chi connectivity index (χ1v) is 15.9. The molecule has 0 bridgehead atoms. The van der Waals surface area contributed by atoms with Crippen molar-refractivity contribution in [1.29, 1.82) is 0 Å². The van der Waals surface area contributed by atoms with Crippen LogP contribution in [0, 0.1) is 0 Å². The molecule has 0 spiro atoms. The molecule has 0 aliphatic rings. The topological polar surface area (TPSA) is 65.0 Å². The zero-order valence-electron chi connectivity index (χ0n) is 25.6. The molecule has 0 amide bonds. The summed E-state index contributed by atoms with van der Waals surface area (Å²) in [6.45, 7) is 0. The van der Waals surface area contributed by atoms with Crippen molar-refractivity contribution in [3.63, 3.8) is 0 Å². The number of aromatic nitrogens is 3. The van der Waals surface area contributed by atoms with Crippen LogP contribution in [0.15, 0.2) is 160 Å². The van der Waals surface area contributed by atoms with Gasteiger partial charge in [0.05, 0.1) is 0 Å². The van der Waals surface area contributed by atoms with E-state index in [2.05, 4.69) is 78.9 Å². The summed E-state index contributed by atoms with van der Waals surface area (Å²) in [6, 6.07) is 51.6. The van der Waals surface area contributed by atoms with Crippen LogP contribution in [0.4, 0.5) is 0 Å². The summed E-state index contributed by atoms with van der Waals surface area (Å²) in [4.78, 5) is 15.2. The summed E-state index contributed by atoms with van der Waals surface area (Å²) >= 11 is 0. The van der Waals surface area contributed by atoms with Gasteiger partial charge in [-0.1, -0.05) is 121 Å². The predicted octanol–water partition coefficient (Wildman–Crippen LogP) is 11.5. The highest BCUT2D eigenvalue weighted by molar-refractivity contribution is 6.16. The molecule has 10 aromatic rings. The van der Waals surface area contributed by atoms with E-state index in [1.54, 1.807) is 0 Å². The summed E-state index contributed by atoms with van der Waals surface area (Å²) in [5.74, 6) is 1.81. The molecular formula is C43H25N3O2. The number of para-hydroxylation sites is 2. The van der Waals surface area contributed by atoms with E-state index in [1.807, 2.05) is 72.8 Å². The lowest BCUT2D eigenvalue weighted by Gasteiger charge is -2.13. The van der Waals surface area contributed by atoms with Crippen molar-refractivity contribution in [2.45, 2.75) is 0 Å². The Kier molecular flexibility index (Phi) is 5.81. The summed E-state index contributed by atoms with van der Waals surface area (Å²) in [7, 11) is 0. The van der Waals surface area contributed by atoms with E-state index in [1.165, 1.54) is 0 Å². The molecule has 10 rings (SSSR count). The van der Waals surface area contributed by atoms with Gasteiger partial charge in [-0.2, -0.15) is 0 Å². The zero-order chi connectivity index (χ0) is 31.6. The molecule has 3 aromatic heterocycles. The van der Waals surface area contributed by atoms with Crippen molar-refractivity contribution >= 4 is 54.6 Å². The molecule has 0 N–H and O–H groups in total. The molecule has 0 aliphatic heterocycles. The fourth-order valence-corrected chi connectivity index (χ4v) is 6.95. The number of benzene rings is 7. The zero-order valence-corrected chi connectivity index (χ0v) is 25.6. The van der Waals surface area contributed by atoms with E-state index in [-0.39, 0.29) is 0 Å². The van der Waals surface area contributed by atoms with E-state index in [0.717, 1.165) is 82.5 Å². The molecule has 48 heavy (non-hydrogen) atoms. The molecule has 224 valence electrons. The first kappa shape index (κ1) is 26.6. The number of nitrogens with zero attached hydrogens (tertiary/aromatic N) is 3. The minimum absolute atomic E-state index is 0.587. The van der Waals surface area contributed by atoms with Crippen molar-refractivity contribution in [3.05, 3.63) is 152 Å². The van der Waals surface area contributed by atoms with Crippen molar-refractivity contribution in [2.75, 3.05) is 0 Å². The third-order valence-corrected chi connectivity index (χ3v) is 9.16. The number of rotatable bonds is 4. The summed E-state index contributed by atoms with van der Waals surface area (Å²) in [5, 5.41) is 6.54. The van der Waals surface area contributed by atoms with Crippen LogP contribution < -0.4 is 0 Å². The van der Waals surface area contributed by atoms with E-state index in [4.69, 9.17) is 23.8 Å². The minimum atomic E-state index is 0.587. The van der Waals surface area contributed by atoms with Gasteiger partial charge in [0.15, 0.2) is 17.5 Å². The van der Waals surface area contributed by atoms with Gasteiger partial charge in [-0.05, 0) is 52.2 Å². The normalized spacial score (nSPS) is 11.8. The van der Waals surface area contributed by atoms with Crippen molar-refractivity contribution in [1.82, 2.24) is 15.0 Å². The molecule has 5 heteroatoms. The molecule has 0 atom stereocenters. The lowest BCUT2D eigenvalue weighted by atomic mass is 9.93. The molecule has 0 radical (unpaired) electrons. The Morgan fingerprint density at radius 3 is 1.69 bits per heavy atom. The van der Waals surface area contributed by atoms with E-state index < -0.39 is 0 Å². The van der Waals surface area contributed by atoms with E-state index in [0.29, 0.717) is 17.5 Å². The Labute approximate surface area is 274 Å². The molecule has 5 nitrogen and oxygen atoms in total. The molecule has 3 heterocycles. The highest BCUT2D eigenvalue weighted by Gasteiger charge is 2.18. The smallest absolute Gasteiger partial charge is 0.164 e.